The van der Waals surface area contributed by atoms with Crippen LogP contribution in [-0.4, -0.2) is 55.6 Å². The van der Waals surface area contributed by atoms with Crippen LogP contribution in [0.1, 0.15) is 24.9 Å². The van der Waals surface area contributed by atoms with E-state index in [1.807, 2.05) is 12.3 Å². The Balaban J connectivity index is 1.40. The highest BCUT2D eigenvalue weighted by Gasteiger charge is 2.31. The molecule has 1 aliphatic rings. The topological polar surface area (TPSA) is 86.8 Å². The smallest absolute Gasteiger partial charge is 0.265 e. The van der Waals surface area contributed by atoms with E-state index in [0.717, 1.165) is 4.88 Å². The van der Waals surface area contributed by atoms with Crippen LogP contribution in [-0.2, 0) is 10.0 Å². The number of nitrogens with zero attached hydrogens (tertiary/aromatic N) is 2. The second-order valence-electron chi connectivity index (χ2n) is 7.07. The normalized spacial score (nSPS) is 15.1. The average molecular weight is 476 g/mol. The fourth-order valence-corrected chi connectivity index (χ4v) is 6.80. The molecular formula is C21H21N3O4S3. The van der Waals surface area contributed by atoms with Crippen molar-refractivity contribution in [1.82, 2.24) is 9.21 Å². The van der Waals surface area contributed by atoms with Gasteiger partial charge in [-0.25, -0.2) is 8.42 Å². The fourth-order valence-electron chi connectivity index (χ4n) is 3.32. The Labute approximate surface area is 189 Å². The van der Waals surface area contributed by atoms with Crippen molar-refractivity contribution in [2.24, 2.45) is 0 Å². The molecule has 0 atom stereocenters. The minimum absolute atomic E-state index is 0.184. The maximum Gasteiger partial charge on any atom is 0.265 e. The number of aryl methyl sites for hydroxylation is 1. The summed E-state index contributed by atoms with van der Waals surface area (Å²) in [4.78, 5) is 28.4. The molecule has 1 fully saturated rings. The van der Waals surface area contributed by atoms with Crippen LogP contribution >= 0.6 is 22.7 Å². The van der Waals surface area contributed by atoms with Crippen LogP contribution in [0.25, 0.3) is 0 Å². The van der Waals surface area contributed by atoms with E-state index in [9.17, 15) is 18.0 Å². The third-order valence-electron chi connectivity index (χ3n) is 4.95. The molecule has 0 spiro atoms. The number of hydrogen-bond donors (Lipinski definition) is 1. The number of rotatable bonds is 5. The minimum atomic E-state index is -3.53. The molecule has 1 aliphatic heterocycles. The highest BCUT2D eigenvalue weighted by molar-refractivity contribution is 7.91. The van der Waals surface area contributed by atoms with E-state index in [2.05, 4.69) is 5.32 Å². The van der Waals surface area contributed by atoms with Crippen LogP contribution in [0.2, 0.25) is 0 Å². The first kappa shape index (κ1) is 21.7. The van der Waals surface area contributed by atoms with Gasteiger partial charge >= 0.3 is 0 Å². The number of sulfonamides is 1. The SMILES string of the molecule is Cc1ccc(S(=O)(=O)N2CCN(C(=O)c3cccc(NC(=O)c4cccs4)c3)CC2)s1. The Hall–Kier alpha value is -2.53. The molecule has 31 heavy (non-hydrogen) atoms. The number of carbonyl (C=O) groups is 2. The molecule has 1 N–H and O–H groups in total. The molecule has 1 saturated heterocycles. The Morgan fingerprint density at radius 3 is 2.42 bits per heavy atom. The molecule has 3 heterocycles. The first-order valence-electron chi connectivity index (χ1n) is 9.65. The number of anilines is 1. The second kappa shape index (κ2) is 8.91. The Morgan fingerprint density at radius 2 is 1.77 bits per heavy atom. The standard InChI is InChI=1S/C21H21N3O4S3/c1-15-7-8-19(30-15)31(27,28)24-11-9-23(10-12-24)21(26)16-4-2-5-17(14-16)22-20(25)18-6-3-13-29-18/h2-8,13-14H,9-12H2,1H3,(H,22,25). The maximum atomic E-state index is 12.9. The number of hydrogen-bond acceptors (Lipinski definition) is 6. The van der Waals surface area contributed by atoms with Crippen molar-refractivity contribution in [3.8, 4) is 0 Å². The molecule has 7 nitrogen and oxygen atoms in total. The van der Waals surface area contributed by atoms with Crippen LogP contribution in [0.4, 0.5) is 5.69 Å². The lowest BCUT2D eigenvalue weighted by molar-refractivity contribution is 0.0698. The molecule has 1 aromatic carbocycles. The van der Waals surface area contributed by atoms with E-state index in [-0.39, 0.29) is 24.9 Å². The summed E-state index contributed by atoms with van der Waals surface area (Å²) in [6.07, 6.45) is 0. The second-order valence-corrected chi connectivity index (χ2v) is 11.5. The van der Waals surface area contributed by atoms with Gasteiger partial charge in [-0.1, -0.05) is 12.1 Å². The minimum Gasteiger partial charge on any atom is -0.336 e. The van der Waals surface area contributed by atoms with Gasteiger partial charge in [0, 0.05) is 42.3 Å². The summed E-state index contributed by atoms with van der Waals surface area (Å²) in [5.74, 6) is -0.404. The van der Waals surface area contributed by atoms with Crippen LogP contribution in [0.5, 0.6) is 0 Å². The quantitative estimate of drug-likeness (QED) is 0.612. The van der Waals surface area contributed by atoms with Crippen LogP contribution in [0, 0.1) is 6.92 Å². The largest absolute Gasteiger partial charge is 0.336 e. The lowest BCUT2D eigenvalue weighted by Gasteiger charge is -2.33. The molecule has 0 aliphatic carbocycles. The molecule has 3 aromatic rings. The summed E-state index contributed by atoms with van der Waals surface area (Å²) in [6, 6.07) is 13.8. The van der Waals surface area contributed by atoms with Crippen molar-refractivity contribution >= 4 is 50.2 Å². The van der Waals surface area contributed by atoms with Crippen LogP contribution < -0.4 is 5.32 Å². The number of amides is 2. The van der Waals surface area contributed by atoms with Crippen molar-refractivity contribution in [2.45, 2.75) is 11.1 Å². The highest BCUT2D eigenvalue weighted by Crippen LogP contribution is 2.25. The fraction of sp³-hybridized carbons (Fsp3) is 0.238. The molecule has 0 saturated carbocycles. The highest BCUT2D eigenvalue weighted by atomic mass is 32.2. The van der Waals surface area contributed by atoms with Gasteiger partial charge in [0.05, 0.1) is 4.88 Å². The predicted molar refractivity (Wildman–Crippen MR) is 122 cm³/mol. The van der Waals surface area contributed by atoms with Gasteiger partial charge in [0.15, 0.2) is 0 Å². The molecule has 0 unspecified atom stereocenters. The summed E-state index contributed by atoms with van der Waals surface area (Å²) in [5, 5.41) is 4.63. The van der Waals surface area contributed by atoms with Crippen LogP contribution in [0.15, 0.2) is 58.1 Å². The monoisotopic (exact) mass is 475 g/mol. The number of thiophene rings is 2. The van der Waals surface area contributed by atoms with Gasteiger partial charge in [0.2, 0.25) is 0 Å². The van der Waals surface area contributed by atoms with Gasteiger partial charge in [0.1, 0.15) is 4.21 Å². The first-order chi connectivity index (χ1) is 14.8. The summed E-state index contributed by atoms with van der Waals surface area (Å²) in [6.45, 7) is 3.00. The molecule has 4 rings (SSSR count). The summed E-state index contributed by atoms with van der Waals surface area (Å²) in [5.41, 5.74) is 0.993. The van der Waals surface area contributed by atoms with E-state index in [0.29, 0.717) is 33.4 Å². The van der Waals surface area contributed by atoms with Crippen molar-refractivity contribution in [3.63, 3.8) is 0 Å². The van der Waals surface area contributed by atoms with Gasteiger partial charge in [0.25, 0.3) is 21.8 Å². The van der Waals surface area contributed by atoms with Crippen LogP contribution in [0.3, 0.4) is 0 Å². The van der Waals surface area contributed by atoms with Gasteiger partial charge in [-0.05, 0) is 48.7 Å². The Kier molecular flexibility index (Phi) is 6.24. The third kappa shape index (κ3) is 4.72. The number of benzene rings is 1. The number of carbonyl (C=O) groups excluding carboxylic acids is 2. The van der Waals surface area contributed by atoms with E-state index in [4.69, 9.17) is 0 Å². The van der Waals surface area contributed by atoms with Crippen molar-refractivity contribution < 1.29 is 18.0 Å². The first-order valence-corrected chi connectivity index (χ1v) is 12.8. The lowest BCUT2D eigenvalue weighted by atomic mass is 10.1. The third-order valence-corrected chi connectivity index (χ3v) is 9.18. The van der Waals surface area contributed by atoms with E-state index in [1.165, 1.54) is 27.0 Å². The predicted octanol–water partition coefficient (Wildman–Crippen LogP) is 3.52. The average Bonchev–Trinajstić information content (AvgIpc) is 3.46. The number of nitrogens with one attached hydrogen (secondary N) is 1. The van der Waals surface area contributed by atoms with Gasteiger partial charge in [-0.15, -0.1) is 22.7 Å². The molecule has 10 heteroatoms. The summed E-state index contributed by atoms with van der Waals surface area (Å²) in [7, 11) is -3.53. The maximum absolute atomic E-state index is 12.9. The molecule has 2 amide bonds. The van der Waals surface area contributed by atoms with Crippen molar-refractivity contribution in [3.05, 3.63) is 69.2 Å². The Bertz CT molecular complexity index is 1190. The van der Waals surface area contributed by atoms with Gasteiger partial charge in [-0.2, -0.15) is 4.31 Å². The summed E-state index contributed by atoms with van der Waals surface area (Å²) < 4.78 is 27.3. The Morgan fingerprint density at radius 1 is 1.00 bits per heavy atom. The zero-order chi connectivity index (χ0) is 22.0. The van der Waals surface area contributed by atoms with Crippen molar-refractivity contribution in [2.75, 3.05) is 31.5 Å². The lowest BCUT2D eigenvalue weighted by Crippen LogP contribution is -2.50. The molecule has 2 aromatic heterocycles. The number of piperazine rings is 1. The molecule has 162 valence electrons. The van der Waals surface area contributed by atoms with E-state index in [1.54, 1.807) is 53.4 Å². The zero-order valence-electron chi connectivity index (χ0n) is 16.8. The van der Waals surface area contributed by atoms with Gasteiger partial charge < -0.3 is 10.2 Å². The van der Waals surface area contributed by atoms with E-state index < -0.39 is 10.0 Å². The molecular weight excluding hydrogens is 454 g/mol. The van der Waals surface area contributed by atoms with Gasteiger partial charge in [-0.3, -0.25) is 9.59 Å². The molecule has 0 radical (unpaired) electrons. The van der Waals surface area contributed by atoms with Crippen molar-refractivity contribution in [1.29, 1.82) is 0 Å². The summed E-state index contributed by atoms with van der Waals surface area (Å²) >= 11 is 2.60. The zero-order valence-corrected chi connectivity index (χ0v) is 19.2. The van der Waals surface area contributed by atoms with E-state index >= 15 is 0 Å². The molecule has 0 bridgehead atoms.